The minimum Gasteiger partial charge on any atom is -0.497 e. The van der Waals surface area contributed by atoms with Crippen molar-refractivity contribution in [3.05, 3.63) is 59.3 Å². The molecule has 0 amide bonds. The number of hydrogen-bond donors (Lipinski definition) is 2. The molecule has 3 atom stereocenters. The van der Waals surface area contributed by atoms with Crippen LogP contribution in [0.5, 0.6) is 17.2 Å². The number of carbonyl (C=O) groups is 2. The average Bonchev–Trinajstić information content (AvgIpc) is 2.77. The third-order valence-corrected chi connectivity index (χ3v) is 6.14. The van der Waals surface area contributed by atoms with E-state index in [2.05, 4.69) is 5.32 Å². The Balaban J connectivity index is 2.20. The van der Waals surface area contributed by atoms with Gasteiger partial charge in [0.2, 0.25) is 0 Å². The predicted octanol–water partition coefficient (Wildman–Crippen LogP) is 4.11. The summed E-state index contributed by atoms with van der Waals surface area (Å²) in [5, 5.41) is 14.7. The van der Waals surface area contributed by atoms with Crippen LogP contribution < -0.4 is 19.5 Å². The fraction of sp³-hybridized carbons (Fsp3) is 0.385. The molecule has 0 bridgehead atoms. The lowest BCUT2D eigenvalue weighted by atomic mass is 9.64. The van der Waals surface area contributed by atoms with Gasteiger partial charge >= 0.3 is 0 Å². The van der Waals surface area contributed by atoms with Crippen LogP contribution in [0, 0.1) is 5.92 Å². The highest BCUT2D eigenvalue weighted by Gasteiger charge is 2.49. The maximum absolute atomic E-state index is 13.0. The molecular weight excluding hydrogens is 422 g/mol. The number of rotatable bonds is 8. The largest absolute Gasteiger partial charge is 0.497 e. The summed E-state index contributed by atoms with van der Waals surface area (Å²) in [6, 6.07) is 12.6. The van der Waals surface area contributed by atoms with Crippen LogP contribution in [0.1, 0.15) is 38.7 Å². The van der Waals surface area contributed by atoms with Gasteiger partial charge in [-0.1, -0.05) is 6.07 Å². The predicted molar refractivity (Wildman–Crippen MR) is 126 cm³/mol. The van der Waals surface area contributed by atoms with Gasteiger partial charge in [-0.2, -0.15) is 0 Å². The van der Waals surface area contributed by atoms with Crippen LogP contribution in [-0.2, 0) is 9.59 Å². The fourth-order valence-electron chi connectivity index (χ4n) is 4.75. The Labute approximate surface area is 194 Å². The maximum Gasteiger partial charge on any atom is 0.161 e. The maximum atomic E-state index is 13.0. The van der Waals surface area contributed by atoms with Crippen LogP contribution in [0.25, 0.3) is 0 Å². The summed E-state index contributed by atoms with van der Waals surface area (Å²) in [6.45, 7) is 4.57. The zero-order valence-corrected chi connectivity index (χ0v) is 19.9. The van der Waals surface area contributed by atoms with E-state index < -0.39 is 17.4 Å². The lowest BCUT2D eigenvalue weighted by molar-refractivity contribution is -0.131. The molecule has 0 saturated heterocycles. The van der Waals surface area contributed by atoms with Crippen LogP contribution in [0.15, 0.2) is 53.7 Å². The number of ether oxygens (including phenoxy) is 3. The van der Waals surface area contributed by atoms with Crippen molar-refractivity contribution in [2.24, 2.45) is 5.92 Å². The Morgan fingerprint density at radius 1 is 0.970 bits per heavy atom. The third kappa shape index (κ3) is 4.88. The molecule has 0 spiro atoms. The Morgan fingerprint density at radius 2 is 1.61 bits per heavy atom. The smallest absolute Gasteiger partial charge is 0.161 e. The number of hydrogen-bond acceptors (Lipinski definition) is 7. The van der Waals surface area contributed by atoms with E-state index in [0.717, 1.165) is 5.69 Å². The first kappa shape index (κ1) is 24.3. The molecule has 33 heavy (non-hydrogen) atoms. The van der Waals surface area contributed by atoms with E-state index in [9.17, 15) is 14.7 Å². The number of carbonyl (C=O) groups excluding carboxylic acids is 2. The fourth-order valence-corrected chi connectivity index (χ4v) is 4.75. The summed E-state index contributed by atoms with van der Waals surface area (Å²) >= 11 is 0. The summed E-state index contributed by atoms with van der Waals surface area (Å²) in [4.78, 5) is 25.8. The molecule has 0 fully saturated rings. The first-order valence-electron chi connectivity index (χ1n) is 10.7. The Morgan fingerprint density at radius 3 is 2.12 bits per heavy atom. The van der Waals surface area contributed by atoms with Crippen molar-refractivity contribution in [1.82, 2.24) is 0 Å². The molecule has 2 aromatic carbocycles. The van der Waals surface area contributed by atoms with Gasteiger partial charge in [-0.3, -0.25) is 9.59 Å². The molecule has 2 aromatic rings. The monoisotopic (exact) mass is 453 g/mol. The van der Waals surface area contributed by atoms with Crippen LogP contribution in [0.4, 0.5) is 5.69 Å². The number of methoxy groups -OCH3 is 3. The molecule has 0 heterocycles. The number of nitrogens with one attached hydrogen (secondary N) is 1. The minimum absolute atomic E-state index is 0.127. The summed E-state index contributed by atoms with van der Waals surface area (Å²) in [7, 11) is 4.66. The Hall–Kier alpha value is -3.32. The van der Waals surface area contributed by atoms with E-state index >= 15 is 0 Å². The molecule has 0 saturated carbocycles. The molecule has 3 rings (SSSR count). The van der Waals surface area contributed by atoms with Crippen LogP contribution >= 0.6 is 0 Å². The van der Waals surface area contributed by atoms with Gasteiger partial charge in [0, 0.05) is 29.3 Å². The number of ketones is 2. The lowest BCUT2D eigenvalue weighted by Crippen LogP contribution is -2.48. The van der Waals surface area contributed by atoms with Gasteiger partial charge in [0.25, 0.3) is 0 Å². The Kier molecular flexibility index (Phi) is 7.12. The minimum atomic E-state index is -1.38. The molecule has 1 aliphatic carbocycles. The van der Waals surface area contributed by atoms with Gasteiger partial charge < -0.3 is 24.6 Å². The van der Waals surface area contributed by atoms with E-state index in [0.29, 0.717) is 34.1 Å². The van der Waals surface area contributed by atoms with Crippen LogP contribution in [-0.4, -0.2) is 43.6 Å². The van der Waals surface area contributed by atoms with Gasteiger partial charge in [0.1, 0.15) is 11.5 Å². The average molecular weight is 454 g/mol. The molecule has 0 aliphatic heterocycles. The second kappa shape index (κ2) is 9.67. The number of aliphatic hydroxyl groups is 1. The quantitative estimate of drug-likeness (QED) is 0.621. The second-order valence-corrected chi connectivity index (χ2v) is 8.52. The van der Waals surface area contributed by atoms with Crippen molar-refractivity contribution in [2.75, 3.05) is 26.6 Å². The second-order valence-electron chi connectivity index (χ2n) is 8.52. The van der Waals surface area contributed by atoms with Crippen molar-refractivity contribution >= 4 is 17.3 Å². The molecule has 7 heteroatoms. The molecular formula is C26H31NO6. The SMILES string of the molecule is COc1ccc(NC2=C(C(C)=O)[C@H](c3ccc(OC)c(OC)c3)[C@@H](C(C)=O)[C@@](C)(O)C2)cc1. The summed E-state index contributed by atoms with van der Waals surface area (Å²) in [5.41, 5.74) is 1.09. The van der Waals surface area contributed by atoms with E-state index in [-0.39, 0.29) is 18.0 Å². The molecule has 2 N–H and O–H groups in total. The standard InChI is InChI=1S/C26H31NO6/c1-15(28)23-20(27-18-8-10-19(31-4)11-9-18)14-26(3,30)25(16(2)29)24(23)17-7-12-21(32-5)22(13-17)33-6/h7-13,24-25,27,30H,14H2,1-6H3/t24-,25+,26-/m0/s1. The highest BCUT2D eigenvalue weighted by atomic mass is 16.5. The summed E-state index contributed by atoms with van der Waals surface area (Å²) in [6.07, 6.45) is 0.127. The van der Waals surface area contributed by atoms with E-state index in [1.54, 1.807) is 39.3 Å². The summed E-state index contributed by atoms with van der Waals surface area (Å²) < 4.78 is 16.0. The summed E-state index contributed by atoms with van der Waals surface area (Å²) in [5.74, 6) is -0.116. The van der Waals surface area contributed by atoms with Crippen molar-refractivity contribution in [3.63, 3.8) is 0 Å². The zero-order chi connectivity index (χ0) is 24.3. The zero-order valence-electron chi connectivity index (χ0n) is 19.9. The first-order chi connectivity index (χ1) is 15.6. The van der Waals surface area contributed by atoms with Crippen molar-refractivity contribution < 1.29 is 28.9 Å². The molecule has 1 aliphatic rings. The van der Waals surface area contributed by atoms with Crippen molar-refractivity contribution in [3.8, 4) is 17.2 Å². The van der Waals surface area contributed by atoms with Crippen molar-refractivity contribution in [2.45, 2.75) is 38.7 Å². The lowest BCUT2D eigenvalue weighted by Gasteiger charge is -2.43. The third-order valence-electron chi connectivity index (χ3n) is 6.14. The van der Waals surface area contributed by atoms with E-state index in [1.807, 2.05) is 24.3 Å². The molecule has 0 unspecified atom stereocenters. The number of anilines is 1. The molecule has 7 nitrogen and oxygen atoms in total. The topological polar surface area (TPSA) is 94.1 Å². The molecule has 176 valence electrons. The normalized spacial score (nSPS) is 22.5. The Bertz CT molecular complexity index is 1070. The van der Waals surface area contributed by atoms with Gasteiger partial charge in [0.05, 0.1) is 32.8 Å². The number of benzene rings is 2. The first-order valence-corrected chi connectivity index (χ1v) is 10.7. The van der Waals surface area contributed by atoms with Gasteiger partial charge in [0.15, 0.2) is 17.3 Å². The van der Waals surface area contributed by atoms with Crippen LogP contribution in [0.3, 0.4) is 0 Å². The molecule has 0 aromatic heterocycles. The van der Waals surface area contributed by atoms with E-state index in [4.69, 9.17) is 14.2 Å². The van der Waals surface area contributed by atoms with Gasteiger partial charge in [-0.15, -0.1) is 0 Å². The molecule has 0 radical (unpaired) electrons. The van der Waals surface area contributed by atoms with Crippen molar-refractivity contribution in [1.29, 1.82) is 0 Å². The van der Waals surface area contributed by atoms with Crippen LogP contribution in [0.2, 0.25) is 0 Å². The van der Waals surface area contributed by atoms with E-state index in [1.165, 1.54) is 21.0 Å². The number of allylic oxidation sites excluding steroid dienone is 1. The highest BCUT2D eigenvalue weighted by molar-refractivity contribution is 5.98. The number of Topliss-reactive ketones (excluding diaryl/α,β-unsaturated/α-hetero) is 2. The van der Waals surface area contributed by atoms with Gasteiger partial charge in [-0.05, 0) is 62.7 Å². The van der Waals surface area contributed by atoms with Gasteiger partial charge in [-0.25, -0.2) is 0 Å². The highest BCUT2D eigenvalue weighted by Crippen LogP contribution is 2.49.